The Labute approximate surface area is 457 Å². The minimum atomic E-state index is -3.99. The molecule has 0 aromatic heterocycles. The van der Waals surface area contributed by atoms with Crippen LogP contribution in [0.4, 0.5) is 0 Å². The predicted octanol–water partition coefficient (Wildman–Crippen LogP) is 11.8. The van der Waals surface area contributed by atoms with Gasteiger partial charge >= 0.3 is 0 Å². The van der Waals surface area contributed by atoms with E-state index in [1.54, 1.807) is 52.7 Å². The number of carbonyl (C=O) groups excluding carboxylic acids is 1. The number of nitrogens with one attached hydrogen (secondary N) is 2. The molecule has 21 heteroatoms. The third kappa shape index (κ3) is 35.2. The number of carbonyl (C=O) groups is 1. The number of unbranched alkanes of at least 4 members (excludes halogenated alkanes) is 6. The molecule has 0 heterocycles. The molecule has 0 unspecified atom stereocenters. The first-order valence-corrected chi connectivity index (χ1v) is 32.8. The van der Waals surface area contributed by atoms with Crippen LogP contribution in [0.2, 0.25) is 0 Å². The van der Waals surface area contributed by atoms with E-state index in [-0.39, 0.29) is 21.3 Å². The van der Waals surface area contributed by atoms with E-state index < -0.39 is 56.9 Å². The molecule has 75 heavy (non-hydrogen) atoms. The van der Waals surface area contributed by atoms with Crippen molar-refractivity contribution in [2.75, 3.05) is 17.3 Å². The Hall–Kier alpha value is -4.77. The Balaban J connectivity index is 0.000000920. The van der Waals surface area contributed by atoms with Crippen LogP contribution in [0.25, 0.3) is 0 Å². The summed E-state index contributed by atoms with van der Waals surface area (Å²) in [6.45, 7) is 15.7. The molecule has 420 valence electrons. The van der Waals surface area contributed by atoms with Gasteiger partial charge in [-0.15, -0.1) is 4.13 Å². The van der Waals surface area contributed by atoms with Gasteiger partial charge in [0.2, 0.25) is 26.0 Å². The van der Waals surface area contributed by atoms with Gasteiger partial charge in [0.1, 0.15) is 11.5 Å². The molecule has 0 spiro atoms. The molecule has 0 fully saturated rings. The van der Waals surface area contributed by atoms with Crippen LogP contribution < -0.4 is 13.0 Å². The van der Waals surface area contributed by atoms with Crippen molar-refractivity contribution < 1.29 is 52.0 Å². The third-order valence-corrected chi connectivity index (χ3v) is 17.8. The number of nitrogens with zero attached hydrogens (tertiary/aromatic N) is 1. The maximum atomic E-state index is 11.9. The van der Waals surface area contributed by atoms with Crippen LogP contribution in [-0.2, 0) is 79.2 Å². The van der Waals surface area contributed by atoms with Crippen molar-refractivity contribution in [1.29, 1.82) is 0 Å². The van der Waals surface area contributed by atoms with Crippen LogP contribution in [-0.4, -0.2) is 61.9 Å². The van der Waals surface area contributed by atoms with Crippen LogP contribution in [0.1, 0.15) is 129 Å². The van der Waals surface area contributed by atoms with E-state index in [0.29, 0.717) is 24.3 Å². The van der Waals surface area contributed by atoms with Gasteiger partial charge in [0.25, 0.3) is 20.0 Å². The van der Waals surface area contributed by atoms with Gasteiger partial charge in [-0.25, -0.2) is 37.4 Å². The van der Waals surface area contributed by atoms with Gasteiger partial charge in [0.05, 0.1) is 21.3 Å². The number of rotatable bonds is 22. The number of benzene rings is 5. The number of amides is 1. The summed E-state index contributed by atoms with van der Waals surface area (Å²) in [5, 5.41) is 8.85. The normalized spacial score (nSPS) is 11.4. The lowest BCUT2D eigenvalue weighted by atomic mass is 10.1. The summed E-state index contributed by atoms with van der Waals surface area (Å²) in [5.41, 5.74) is 5.11. The second kappa shape index (κ2) is 39.6. The highest BCUT2D eigenvalue weighted by Crippen LogP contribution is 2.16. The molecular formula is C54H80N3O12S6-. The zero-order valence-corrected chi connectivity index (χ0v) is 49.7. The lowest BCUT2D eigenvalue weighted by Crippen LogP contribution is -2.32. The van der Waals surface area contributed by atoms with Crippen LogP contribution in [0.5, 0.6) is 11.5 Å². The molecule has 5 aromatic rings. The summed E-state index contributed by atoms with van der Waals surface area (Å²) in [7, 11) is -17.4. The standard InChI is InChI=1S/C14H14NO4S2.C11H17NO4S2.C9H12.C8H10O.C7H15NO3S.C5H12S/c1-2-12-8-10-13(11-9-12)19-20(16)15-21(17,18)14-6-4-3-5-7-14;1-2-3-7-10-17(13,14)12-18(15,16)11-8-5-4-6-9-11;1-3-9-6-4-8(2)5-7-9;1-2-7-3-5-8(9)6-4-7;1-3-4-5-6-12(10,11)8-7(2)9;1-2-3-4-5-6/h3-11H,2H2,1H3;4-6,8-9,12H,2-3,7,10H2,1H3;4-7H,3H2,1-2H3;3-6,9H,2H2,1H3;3-6H2,1-2H3,(H,8,9);6H,2-5H2,1H3/q-1;;;;;. The molecule has 0 aliphatic heterocycles. The van der Waals surface area contributed by atoms with Gasteiger partial charge in [-0.2, -0.15) is 12.6 Å². The van der Waals surface area contributed by atoms with Crippen molar-refractivity contribution >= 4 is 69.5 Å². The molecule has 0 atom stereocenters. The fraction of sp³-hybridized carbons (Fsp3) is 0.426. The monoisotopic (exact) mass is 1150 g/mol. The van der Waals surface area contributed by atoms with E-state index in [0.717, 1.165) is 56.3 Å². The van der Waals surface area contributed by atoms with Crippen LogP contribution in [0.3, 0.4) is 0 Å². The largest absolute Gasteiger partial charge is 0.546 e. The molecule has 0 saturated carbocycles. The van der Waals surface area contributed by atoms with Gasteiger partial charge in [0.15, 0.2) is 0 Å². The Kier molecular flexibility index (Phi) is 37.1. The summed E-state index contributed by atoms with van der Waals surface area (Å²) in [4.78, 5) is 10.3. The average molecular weight is 1160 g/mol. The first-order chi connectivity index (χ1) is 35.4. The van der Waals surface area contributed by atoms with Gasteiger partial charge in [-0.05, 0) is 116 Å². The minimum Gasteiger partial charge on any atom is -0.546 e. The zero-order valence-electron chi connectivity index (χ0n) is 44.7. The molecule has 3 N–H and O–H groups in total. The molecule has 0 saturated heterocycles. The highest BCUT2D eigenvalue weighted by Gasteiger charge is 2.22. The summed E-state index contributed by atoms with van der Waals surface area (Å²) >= 11 is 4.05. The van der Waals surface area contributed by atoms with E-state index in [9.17, 15) is 42.7 Å². The summed E-state index contributed by atoms with van der Waals surface area (Å²) in [6.07, 6.45) is 11.5. The summed E-state index contributed by atoms with van der Waals surface area (Å²) in [6, 6.07) is 37.8. The molecule has 0 bridgehead atoms. The van der Waals surface area contributed by atoms with E-state index in [1.165, 1.54) is 79.3 Å². The quantitative estimate of drug-likeness (QED) is 0.0288. The number of phenols is 1. The van der Waals surface area contributed by atoms with Crippen LogP contribution in [0.15, 0.2) is 147 Å². The zero-order chi connectivity index (χ0) is 56.8. The number of hydrogen-bond acceptors (Lipinski definition) is 14. The first-order valence-electron chi connectivity index (χ1n) is 24.9. The van der Waals surface area contributed by atoms with E-state index in [1.807, 2.05) is 49.8 Å². The SMILES string of the molecule is CCCCCS.CCCCCS(=O)(=O)NC(C)=O.CCCCCS(=O)(=O)NS(=O)(=O)c1ccccc1.CCc1ccc(C)cc1.CCc1ccc(O)cc1.CCc1ccc(O[S-](=O)=NS(=O)(=O)c2ccccc2)cc1. The molecule has 0 radical (unpaired) electrons. The van der Waals surface area contributed by atoms with Crippen molar-refractivity contribution in [3.05, 3.63) is 156 Å². The highest BCUT2D eigenvalue weighted by atomic mass is 32.3. The third-order valence-electron chi connectivity index (χ3n) is 9.96. The van der Waals surface area contributed by atoms with Crippen molar-refractivity contribution in [2.45, 2.75) is 142 Å². The van der Waals surface area contributed by atoms with E-state index in [2.05, 4.69) is 68.4 Å². The average Bonchev–Trinajstić information content (AvgIpc) is 3.37. The second-order valence-corrected chi connectivity index (χ2v) is 25.3. The van der Waals surface area contributed by atoms with E-state index >= 15 is 0 Å². The number of hydrogen-bond donors (Lipinski definition) is 4. The molecule has 1 amide bonds. The summed E-state index contributed by atoms with van der Waals surface area (Å²) < 4.78 is 116. The van der Waals surface area contributed by atoms with Gasteiger partial charge in [-0.1, -0.05) is 171 Å². The maximum absolute atomic E-state index is 11.9. The number of thiol groups is 1. The molecule has 0 aliphatic rings. The Morgan fingerprint density at radius 3 is 1.36 bits per heavy atom. The van der Waals surface area contributed by atoms with Crippen molar-refractivity contribution in [2.24, 2.45) is 3.77 Å². The fourth-order valence-corrected chi connectivity index (χ4v) is 12.1. The molecular weight excluding hydrogens is 1080 g/mol. The number of sulfonamides is 4. The summed E-state index contributed by atoms with van der Waals surface area (Å²) in [5.74, 6) is 1.04. The first kappa shape index (κ1) is 70.2. The fourth-order valence-electron chi connectivity index (χ4n) is 5.72. The van der Waals surface area contributed by atoms with Crippen LogP contribution >= 0.6 is 12.6 Å². The number of aryl methyl sites for hydroxylation is 4. The number of aromatic hydroxyl groups is 1. The van der Waals surface area contributed by atoms with Gasteiger partial charge < -0.3 is 13.5 Å². The molecule has 5 aromatic carbocycles. The highest BCUT2D eigenvalue weighted by molar-refractivity contribution is 8.04. The molecule has 5 rings (SSSR count). The Bertz CT molecular complexity index is 2800. The van der Waals surface area contributed by atoms with Crippen molar-refractivity contribution in [3.63, 3.8) is 0 Å². The van der Waals surface area contributed by atoms with Gasteiger partial charge in [-0.3, -0.25) is 9.52 Å². The predicted molar refractivity (Wildman–Crippen MR) is 309 cm³/mol. The maximum Gasteiger partial charge on any atom is 0.263 e. The smallest absolute Gasteiger partial charge is 0.263 e. The van der Waals surface area contributed by atoms with Gasteiger partial charge in [0, 0.05) is 17.8 Å². The van der Waals surface area contributed by atoms with Crippen molar-refractivity contribution in [1.82, 2.24) is 8.85 Å². The Morgan fingerprint density at radius 1 is 0.560 bits per heavy atom. The topological polar surface area (TPSA) is 237 Å². The van der Waals surface area contributed by atoms with Crippen LogP contribution in [0, 0.1) is 6.92 Å². The second-order valence-electron chi connectivity index (χ2n) is 16.6. The molecule has 15 nitrogen and oxygen atoms in total. The minimum absolute atomic E-state index is 0.0247. The lowest BCUT2D eigenvalue weighted by molar-refractivity contribution is -0.117. The lowest BCUT2D eigenvalue weighted by Gasteiger charge is -2.10. The van der Waals surface area contributed by atoms with E-state index in [4.69, 9.17) is 9.29 Å². The Morgan fingerprint density at radius 2 is 0.960 bits per heavy atom. The molecule has 0 aliphatic carbocycles. The number of phenolic OH excluding ortho intramolecular Hbond substituents is 1. The van der Waals surface area contributed by atoms with Crippen molar-refractivity contribution in [3.8, 4) is 11.5 Å².